The third-order valence-electron chi connectivity index (χ3n) is 2.79. The predicted molar refractivity (Wildman–Crippen MR) is 73.5 cm³/mol. The van der Waals surface area contributed by atoms with Crippen molar-refractivity contribution >= 4 is 11.6 Å². The van der Waals surface area contributed by atoms with Crippen LogP contribution in [0.15, 0.2) is 24.3 Å². The molecule has 0 atom stereocenters. The Morgan fingerprint density at radius 2 is 2.06 bits per heavy atom. The lowest BCUT2D eigenvalue weighted by Gasteiger charge is -2.20. The van der Waals surface area contributed by atoms with E-state index in [0.717, 1.165) is 19.4 Å². The number of unbranched alkanes of at least 4 members (excludes halogenated alkanes) is 1. The van der Waals surface area contributed by atoms with E-state index in [1.807, 2.05) is 24.0 Å². The van der Waals surface area contributed by atoms with Crippen molar-refractivity contribution in [2.45, 2.75) is 26.7 Å². The number of carbonyl (C=O) groups excluding carboxylic acids is 1. The van der Waals surface area contributed by atoms with Gasteiger partial charge in [-0.3, -0.25) is 4.79 Å². The number of hydrogen-bond acceptors (Lipinski definition) is 3. The lowest BCUT2D eigenvalue weighted by atomic mass is 10.3. The zero-order chi connectivity index (χ0) is 13.4. The number of nitrogens with two attached hydrogens (primary N) is 1. The van der Waals surface area contributed by atoms with E-state index < -0.39 is 0 Å². The molecule has 0 heterocycles. The molecule has 2 N–H and O–H groups in total. The summed E-state index contributed by atoms with van der Waals surface area (Å²) in [5.41, 5.74) is 6.30. The number of likely N-dealkylation sites (N-methyl/N-ethyl adjacent to an activating group) is 1. The summed E-state index contributed by atoms with van der Waals surface area (Å²) in [7, 11) is 0. The minimum atomic E-state index is 0.00852. The van der Waals surface area contributed by atoms with Crippen LogP contribution in [0.5, 0.6) is 5.75 Å². The molecule has 0 aliphatic rings. The first-order chi connectivity index (χ1) is 8.69. The number of para-hydroxylation sites is 2. The molecule has 0 fully saturated rings. The lowest BCUT2D eigenvalue weighted by Crippen LogP contribution is -2.35. The van der Waals surface area contributed by atoms with Gasteiger partial charge in [0, 0.05) is 13.1 Å². The lowest BCUT2D eigenvalue weighted by molar-refractivity contribution is -0.133. The van der Waals surface area contributed by atoms with Crippen LogP contribution in [-0.2, 0) is 4.79 Å². The topological polar surface area (TPSA) is 55.6 Å². The van der Waals surface area contributed by atoms with E-state index >= 15 is 0 Å². The molecule has 4 heteroatoms. The molecule has 0 saturated carbocycles. The Morgan fingerprint density at radius 3 is 2.67 bits per heavy atom. The molecule has 0 aromatic heterocycles. The fourth-order valence-corrected chi connectivity index (χ4v) is 1.65. The van der Waals surface area contributed by atoms with Crippen molar-refractivity contribution in [1.82, 2.24) is 4.90 Å². The average Bonchev–Trinajstić information content (AvgIpc) is 2.38. The molecule has 1 amide bonds. The molecule has 1 aromatic carbocycles. The zero-order valence-corrected chi connectivity index (χ0v) is 11.2. The third-order valence-corrected chi connectivity index (χ3v) is 2.79. The maximum absolute atomic E-state index is 11.9. The van der Waals surface area contributed by atoms with E-state index in [1.165, 1.54) is 0 Å². The summed E-state index contributed by atoms with van der Waals surface area (Å²) in [4.78, 5) is 13.7. The normalized spacial score (nSPS) is 10.1. The quantitative estimate of drug-likeness (QED) is 0.755. The highest BCUT2D eigenvalue weighted by atomic mass is 16.5. The Kier molecular flexibility index (Phi) is 6.05. The highest BCUT2D eigenvalue weighted by Crippen LogP contribution is 2.19. The van der Waals surface area contributed by atoms with Gasteiger partial charge in [0.2, 0.25) is 0 Å². The summed E-state index contributed by atoms with van der Waals surface area (Å²) in [5.74, 6) is 0.576. The number of nitrogen functional groups attached to an aromatic ring is 1. The molecule has 0 spiro atoms. The Labute approximate surface area is 109 Å². The molecule has 1 aromatic rings. The van der Waals surface area contributed by atoms with Gasteiger partial charge < -0.3 is 15.4 Å². The summed E-state index contributed by atoms with van der Waals surface area (Å²) in [5, 5.41) is 0. The number of hydrogen-bond donors (Lipinski definition) is 1. The fourth-order valence-electron chi connectivity index (χ4n) is 1.65. The van der Waals surface area contributed by atoms with Crippen molar-refractivity contribution in [2.75, 3.05) is 25.4 Å². The van der Waals surface area contributed by atoms with E-state index in [4.69, 9.17) is 10.5 Å². The second-order valence-electron chi connectivity index (χ2n) is 4.15. The van der Waals surface area contributed by atoms with Gasteiger partial charge in [-0.15, -0.1) is 0 Å². The molecule has 0 radical (unpaired) electrons. The van der Waals surface area contributed by atoms with Gasteiger partial charge in [0.15, 0.2) is 6.61 Å². The number of anilines is 1. The van der Waals surface area contributed by atoms with Crippen LogP contribution < -0.4 is 10.5 Å². The van der Waals surface area contributed by atoms with Gasteiger partial charge in [0.1, 0.15) is 5.75 Å². The van der Waals surface area contributed by atoms with E-state index in [9.17, 15) is 4.79 Å². The first-order valence-corrected chi connectivity index (χ1v) is 6.44. The van der Waals surface area contributed by atoms with Crippen LogP contribution in [-0.4, -0.2) is 30.5 Å². The van der Waals surface area contributed by atoms with Gasteiger partial charge in [-0.2, -0.15) is 0 Å². The van der Waals surface area contributed by atoms with Crippen LogP contribution in [0.25, 0.3) is 0 Å². The summed E-state index contributed by atoms with van der Waals surface area (Å²) in [6, 6.07) is 7.20. The molecule has 0 bridgehead atoms. The Balaban J connectivity index is 2.47. The SMILES string of the molecule is CCCCN(CC)C(=O)COc1ccccc1N. The van der Waals surface area contributed by atoms with Crippen molar-refractivity contribution in [3.05, 3.63) is 24.3 Å². The number of ether oxygens (including phenoxy) is 1. The van der Waals surface area contributed by atoms with Gasteiger partial charge in [0.05, 0.1) is 5.69 Å². The van der Waals surface area contributed by atoms with Crippen LogP contribution in [0.4, 0.5) is 5.69 Å². The summed E-state index contributed by atoms with van der Waals surface area (Å²) >= 11 is 0. The van der Waals surface area contributed by atoms with Gasteiger partial charge in [0.25, 0.3) is 5.91 Å². The average molecular weight is 250 g/mol. The minimum absolute atomic E-state index is 0.00852. The maximum atomic E-state index is 11.9. The van der Waals surface area contributed by atoms with Crippen LogP contribution in [0.3, 0.4) is 0 Å². The molecule has 0 aliphatic carbocycles. The Bertz CT molecular complexity index is 380. The number of amides is 1. The van der Waals surface area contributed by atoms with Crippen molar-refractivity contribution in [3.8, 4) is 5.75 Å². The molecule has 100 valence electrons. The summed E-state index contributed by atoms with van der Waals surface area (Å²) in [6.07, 6.45) is 2.10. The van der Waals surface area contributed by atoms with Crippen molar-refractivity contribution in [2.24, 2.45) is 0 Å². The second kappa shape index (κ2) is 7.58. The van der Waals surface area contributed by atoms with Crippen LogP contribution >= 0.6 is 0 Å². The largest absolute Gasteiger partial charge is 0.482 e. The predicted octanol–water partition coefficient (Wildman–Crippen LogP) is 2.30. The van der Waals surface area contributed by atoms with Crippen LogP contribution in [0.2, 0.25) is 0 Å². The number of rotatable bonds is 7. The molecular formula is C14H22N2O2. The Morgan fingerprint density at radius 1 is 1.33 bits per heavy atom. The van der Waals surface area contributed by atoms with Gasteiger partial charge in [-0.25, -0.2) is 0 Å². The highest BCUT2D eigenvalue weighted by molar-refractivity contribution is 5.78. The van der Waals surface area contributed by atoms with Crippen molar-refractivity contribution < 1.29 is 9.53 Å². The first kappa shape index (κ1) is 14.4. The van der Waals surface area contributed by atoms with E-state index in [0.29, 0.717) is 18.0 Å². The van der Waals surface area contributed by atoms with Crippen LogP contribution in [0.1, 0.15) is 26.7 Å². The van der Waals surface area contributed by atoms with Crippen molar-refractivity contribution in [1.29, 1.82) is 0 Å². The van der Waals surface area contributed by atoms with Gasteiger partial charge in [-0.05, 0) is 25.5 Å². The molecular weight excluding hydrogens is 228 g/mol. The maximum Gasteiger partial charge on any atom is 0.260 e. The minimum Gasteiger partial charge on any atom is -0.482 e. The number of benzene rings is 1. The standard InChI is InChI=1S/C14H22N2O2/c1-3-5-10-16(4-2)14(17)11-18-13-9-7-6-8-12(13)15/h6-9H,3-5,10-11,15H2,1-2H3. The number of carbonyl (C=O) groups is 1. The van der Waals surface area contributed by atoms with Gasteiger partial charge in [-0.1, -0.05) is 25.5 Å². The molecule has 0 saturated heterocycles. The van der Waals surface area contributed by atoms with Crippen molar-refractivity contribution in [3.63, 3.8) is 0 Å². The molecule has 0 aliphatic heterocycles. The van der Waals surface area contributed by atoms with Crippen LogP contribution in [0, 0.1) is 0 Å². The first-order valence-electron chi connectivity index (χ1n) is 6.44. The number of nitrogens with zero attached hydrogens (tertiary/aromatic N) is 1. The fraction of sp³-hybridized carbons (Fsp3) is 0.500. The smallest absolute Gasteiger partial charge is 0.260 e. The van der Waals surface area contributed by atoms with E-state index in [1.54, 1.807) is 12.1 Å². The molecule has 18 heavy (non-hydrogen) atoms. The molecule has 4 nitrogen and oxygen atoms in total. The van der Waals surface area contributed by atoms with E-state index in [2.05, 4.69) is 6.92 Å². The summed E-state index contributed by atoms with van der Waals surface area (Å²) in [6.45, 7) is 5.64. The zero-order valence-electron chi connectivity index (χ0n) is 11.2. The molecule has 0 unspecified atom stereocenters. The summed E-state index contributed by atoms with van der Waals surface area (Å²) < 4.78 is 5.45. The Hall–Kier alpha value is -1.71. The molecule has 1 rings (SSSR count). The highest BCUT2D eigenvalue weighted by Gasteiger charge is 2.12. The van der Waals surface area contributed by atoms with Gasteiger partial charge >= 0.3 is 0 Å². The monoisotopic (exact) mass is 250 g/mol. The third kappa shape index (κ3) is 4.28. The second-order valence-corrected chi connectivity index (χ2v) is 4.15. The van der Waals surface area contributed by atoms with E-state index in [-0.39, 0.29) is 12.5 Å².